The van der Waals surface area contributed by atoms with E-state index in [0.717, 1.165) is 0 Å². The van der Waals surface area contributed by atoms with E-state index < -0.39 is 0 Å². The van der Waals surface area contributed by atoms with Gasteiger partial charge >= 0.3 is 0 Å². The van der Waals surface area contributed by atoms with Crippen molar-refractivity contribution in [3.05, 3.63) is 140 Å². The Kier molecular flexibility index (Phi) is 4.39. The van der Waals surface area contributed by atoms with Gasteiger partial charge in [0.15, 0.2) is 0 Å². The molecule has 0 spiro atoms. The van der Waals surface area contributed by atoms with E-state index in [-0.39, 0.29) is 0 Å². The van der Waals surface area contributed by atoms with Gasteiger partial charge in [-0.3, -0.25) is 0 Å². The summed E-state index contributed by atoms with van der Waals surface area (Å²) in [6, 6.07) is 51.7. The molecule has 0 radical (unpaired) electrons. The summed E-state index contributed by atoms with van der Waals surface area (Å²) < 4.78 is 5.16. The van der Waals surface area contributed by atoms with Crippen LogP contribution < -0.4 is 0 Å². The summed E-state index contributed by atoms with van der Waals surface area (Å²) in [7, 11) is 0. The molecule has 1 nitrogen and oxygen atoms in total. The van der Waals surface area contributed by atoms with Crippen LogP contribution in [-0.2, 0) is 0 Å². The third kappa shape index (κ3) is 2.87. The van der Waals surface area contributed by atoms with E-state index in [1.807, 2.05) is 11.3 Å². The molecule has 1 aliphatic carbocycles. The zero-order valence-corrected chi connectivity index (χ0v) is 23.5. The smallest absolute Gasteiger partial charge is 0.0548 e. The summed E-state index contributed by atoms with van der Waals surface area (Å²) >= 11 is 1.89. The highest BCUT2D eigenvalue weighted by molar-refractivity contribution is 7.26. The Bertz CT molecular complexity index is 2580. The number of fused-ring (bicyclic) bond motifs is 6. The Labute approximate surface area is 246 Å². The highest BCUT2D eigenvalue weighted by Crippen LogP contribution is 2.49. The average Bonchev–Trinajstić information content (AvgIpc) is 3.57. The zero-order valence-electron chi connectivity index (χ0n) is 22.6. The van der Waals surface area contributed by atoms with Crippen LogP contribution in [0.1, 0.15) is 0 Å². The maximum absolute atomic E-state index is 2.48. The molecule has 0 bridgehead atoms. The number of rotatable bonds is 2. The number of hydrogen-bond acceptors (Lipinski definition) is 1. The van der Waals surface area contributed by atoms with Gasteiger partial charge in [-0.1, -0.05) is 109 Å². The van der Waals surface area contributed by atoms with Crippen molar-refractivity contribution in [2.24, 2.45) is 0 Å². The van der Waals surface area contributed by atoms with Gasteiger partial charge in [-0.2, -0.15) is 0 Å². The molecule has 2 heteroatoms. The van der Waals surface area contributed by atoms with E-state index in [1.54, 1.807) is 0 Å². The Balaban J connectivity index is 1.30. The molecule has 0 atom stereocenters. The highest BCUT2D eigenvalue weighted by atomic mass is 32.1. The van der Waals surface area contributed by atoms with Crippen LogP contribution in [0.2, 0.25) is 0 Å². The van der Waals surface area contributed by atoms with Gasteiger partial charge in [-0.15, -0.1) is 11.3 Å². The topological polar surface area (TPSA) is 4.93 Å². The van der Waals surface area contributed by atoms with E-state index in [1.165, 1.54) is 91.8 Å². The fourth-order valence-corrected chi connectivity index (χ4v) is 8.63. The van der Waals surface area contributed by atoms with Gasteiger partial charge in [0.1, 0.15) is 0 Å². The first-order valence-electron chi connectivity index (χ1n) is 14.4. The summed E-state index contributed by atoms with van der Waals surface area (Å²) in [6.07, 6.45) is 0. The van der Waals surface area contributed by atoms with Crippen LogP contribution in [-0.4, -0.2) is 4.57 Å². The van der Waals surface area contributed by atoms with Crippen molar-refractivity contribution in [2.45, 2.75) is 0 Å². The Morgan fingerprint density at radius 3 is 2.00 bits per heavy atom. The zero-order chi connectivity index (χ0) is 27.4. The summed E-state index contributed by atoms with van der Waals surface area (Å²) in [5.41, 5.74) is 11.5. The normalized spacial score (nSPS) is 12.3. The van der Waals surface area contributed by atoms with E-state index in [4.69, 9.17) is 0 Å². The Morgan fingerprint density at radius 2 is 1.10 bits per heavy atom. The Morgan fingerprint density at radius 1 is 0.429 bits per heavy atom. The van der Waals surface area contributed by atoms with E-state index >= 15 is 0 Å². The van der Waals surface area contributed by atoms with Crippen molar-refractivity contribution in [3.8, 4) is 39.1 Å². The van der Waals surface area contributed by atoms with Crippen LogP contribution in [0.5, 0.6) is 0 Å². The third-order valence-corrected chi connectivity index (χ3v) is 10.3. The number of benzene rings is 7. The molecule has 0 N–H and O–H groups in total. The minimum absolute atomic E-state index is 1.19. The Hall–Kier alpha value is -5.18. The molecule has 10 rings (SSSR count). The molecule has 0 saturated carbocycles. The summed E-state index contributed by atoms with van der Waals surface area (Å²) in [5.74, 6) is 0. The lowest BCUT2D eigenvalue weighted by atomic mass is 9.93. The molecule has 9 aromatic rings. The minimum atomic E-state index is 1.19. The third-order valence-electron chi connectivity index (χ3n) is 9.12. The minimum Gasteiger partial charge on any atom is -0.309 e. The monoisotopic (exact) mass is 549 g/mol. The maximum Gasteiger partial charge on any atom is 0.0548 e. The van der Waals surface area contributed by atoms with Crippen LogP contribution in [0.25, 0.3) is 91.8 Å². The molecule has 0 aliphatic heterocycles. The van der Waals surface area contributed by atoms with Crippen molar-refractivity contribution >= 4 is 64.1 Å². The molecule has 42 heavy (non-hydrogen) atoms. The first kappa shape index (κ1) is 22.5. The fourth-order valence-electron chi connectivity index (χ4n) is 7.39. The average molecular weight is 550 g/mol. The molecule has 0 saturated heterocycles. The molecule has 1 aliphatic rings. The number of aromatic nitrogens is 1. The summed E-state index contributed by atoms with van der Waals surface area (Å²) in [4.78, 5) is 0. The van der Waals surface area contributed by atoms with Crippen molar-refractivity contribution in [3.63, 3.8) is 0 Å². The SMILES string of the molecule is c1cc(-c2cccc3c2sc2ccccc23)cc(-n2c3cccc4c3c3c5c(cccc5ccc32)-c2ccccc2-4)c1. The van der Waals surface area contributed by atoms with E-state index in [2.05, 4.69) is 144 Å². The molecular formula is C40H23NS. The number of thiophene rings is 1. The molecule has 194 valence electrons. The first-order valence-corrected chi connectivity index (χ1v) is 15.3. The summed E-state index contributed by atoms with van der Waals surface area (Å²) in [5, 5.41) is 8.00. The second-order valence-electron chi connectivity index (χ2n) is 11.3. The van der Waals surface area contributed by atoms with E-state index in [0.29, 0.717) is 0 Å². The summed E-state index contributed by atoms with van der Waals surface area (Å²) in [6.45, 7) is 0. The van der Waals surface area contributed by atoms with Crippen LogP contribution in [0.15, 0.2) is 140 Å². The van der Waals surface area contributed by atoms with Crippen LogP contribution >= 0.6 is 11.3 Å². The molecule has 2 aromatic heterocycles. The van der Waals surface area contributed by atoms with Gasteiger partial charge in [0.05, 0.1) is 11.0 Å². The fraction of sp³-hybridized carbons (Fsp3) is 0. The molecule has 0 unspecified atom stereocenters. The van der Waals surface area contributed by atoms with Crippen LogP contribution in [0.4, 0.5) is 0 Å². The van der Waals surface area contributed by atoms with Crippen molar-refractivity contribution < 1.29 is 0 Å². The second kappa shape index (κ2) is 8.19. The van der Waals surface area contributed by atoms with Crippen molar-refractivity contribution in [1.29, 1.82) is 0 Å². The van der Waals surface area contributed by atoms with Gasteiger partial charge in [-0.05, 0) is 74.5 Å². The lowest BCUT2D eigenvalue weighted by Gasteiger charge is -2.14. The molecule has 0 amide bonds. The largest absolute Gasteiger partial charge is 0.309 e. The van der Waals surface area contributed by atoms with Gasteiger partial charge in [0, 0.05) is 36.6 Å². The molecule has 7 aromatic carbocycles. The lowest BCUT2D eigenvalue weighted by Crippen LogP contribution is -1.95. The highest BCUT2D eigenvalue weighted by Gasteiger charge is 2.24. The van der Waals surface area contributed by atoms with Crippen molar-refractivity contribution in [1.82, 2.24) is 4.57 Å². The predicted molar refractivity (Wildman–Crippen MR) is 181 cm³/mol. The molecule has 2 heterocycles. The van der Waals surface area contributed by atoms with Crippen LogP contribution in [0, 0.1) is 0 Å². The standard InChI is InChI=1S/C40H23NS/c1-2-13-29-28(12-1)31-16-6-9-24-21-22-35-39(37(24)31)38-32(29)17-8-19-34(38)41(35)26-11-5-10-25(23-26)27-15-7-18-33-30-14-3-4-20-36(30)42-40(27)33/h1-23H. The van der Waals surface area contributed by atoms with Gasteiger partial charge in [0.25, 0.3) is 0 Å². The first-order chi connectivity index (χ1) is 20.8. The predicted octanol–water partition coefficient (Wildman–Crippen LogP) is 11.6. The van der Waals surface area contributed by atoms with Gasteiger partial charge in [0.2, 0.25) is 0 Å². The number of hydrogen-bond donors (Lipinski definition) is 0. The van der Waals surface area contributed by atoms with Crippen LogP contribution in [0.3, 0.4) is 0 Å². The second-order valence-corrected chi connectivity index (χ2v) is 12.3. The van der Waals surface area contributed by atoms with Gasteiger partial charge < -0.3 is 4.57 Å². The molecule has 0 fully saturated rings. The quantitative estimate of drug-likeness (QED) is 0.202. The van der Waals surface area contributed by atoms with Crippen molar-refractivity contribution in [2.75, 3.05) is 0 Å². The number of nitrogens with zero attached hydrogens (tertiary/aromatic N) is 1. The maximum atomic E-state index is 2.48. The van der Waals surface area contributed by atoms with Gasteiger partial charge in [-0.25, -0.2) is 0 Å². The van der Waals surface area contributed by atoms with E-state index in [9.17, 15) is 0 Å². The lowest BCUT2D eigenvalue weighted by molar-refractivity contribution is 1.18. The molecular weight excluding hydrogens is 527 g/mol.